The molecule has 3 atom stereocenters. The van der Waals surface area contributed by atoms with Crippen LogP contribution in [0.15, 0.2) is 12.2 Å². The number of aliphatic hydroxyl groups is 2. The molecule has 3 unspecified atom stereocenters. The zero-order valence-corrected chi connectivity index (χ0v) is 17.6. The van der Waals surface area contributed by atoms with Crippen LogP contribution < -0.4 is 0 Å². The van der Waals surface area contributed by atoms with Crippen molar-refractivity contribution in [3.63, 3.8) is 0 Å². The van der Waals surface area contributed by atoms with Crippen LogP contribution in [0.25, 0.3) is 0 Å². The minimum Gasteiger partial charge on any atom is -0.463 e. The topological polar surface area (TPSA) is 106 Å². The van der Waals surface area contributed by atoms with Crippen LogP contribution in [-0.2, 0) is 23.8 Å². The molecule has 1 aliphatic heterocycles. The Hall–Kier alpha value is -1.13. The molecule has 1 rings (SSSR count). The molecule has 2 N–H and O–H groups in total. The van der Waals surface area contributed by atoms with Crippen molar-refractivity contribution in [3.8, 4) is 0 Å². The molecule has 1 heterocycles. The Morgan fingerprint density at radius 1 is 1.25 bits per heavy atom. The lowest BCUT2D eigenvalue weighted by Gasteiger charge is -2.34. The Kier molecular flexibility index (Phi) is 12.4. The van der Waals surface area contributed by atoms with Gasteiger partial charge in [-0.25, -0.2) is 4.79 Å². The van der Waals surface area contributed by atoms with Crippen molar-refractivity contribution in [3.05, 3.63) is 12.2 Å². The van der Waals surface area contributed by atoms with E-state index in [1.807, 2.05) is 11.8 Å². The Labute approximate surface area is 171 Å². The molecule has 0 aliphatic carbocycles. The highest BCUT2D eigenvalue weighted by Gasteiger charge is 2.23. The second-order valence-corrected chi connectivity index (χ2v) is 8.06. The van der Waals surface area contributed by atoms with Gasteiger partial charge >= 0.3 is 11.9 Å². The van der Waals surface area contributed by atoms with E-state index < -0.39 is 18.3 Å². The fourth-order valence-electron chi connectivity index (χ4n) is 2.47. The van der Waals surface area contributed by atoms with Gasteiger partial charge in [0, 0.05) is 36.8 Å². The number of aliphatic hydroxyl groups excluding tert-OH is 2. The summed E-state index contributed by atoms with van der Waals surface area (Å²) in [5, 5.41) is 20.1. The second kappa shape index (κ2) is 13.9. The van der Waals surface area contributed by atoms with E-state index >= 15 is 0 Å². The van der Waals surface area contributed by atoms with Gasteiger partial charge in [0.1, 0.15) is 12.8 Å². The van der Waals surface area contributed by atoms with Crippen LogP contribution in [0.5, 0.6) is 0 Å². The maximum atomic E-state index is 11.7. The van der Waals surface area contributed by atoms with E-state index in [0.29, 0.717) is 24.5 Å². The van der Waals surface area contributed by atoms with E-state index in [9.17, 15) is 19.8 Å². The fraction of sp³-hybridized carbons (Fsp3) is 0.789. The van der Waals surface area contributed by atoms with Crippen molar-refractivity contribution in [2.45, 2.75) is 39.0 Å². The lowest BCUT2D eigenvalue weighted by molar-refractivity contribution is -0.147. The van der Waals surface area contributed by atoms with E-state index in [1.54, 1.807) is 18.7 Å². The molecule has 1 fully saturated rings. The van der Waals surface area contributed by atoms with Crippen LogP contribution in [0.4, 0.5) is 0 Å². The third-order valence-corrected chi connectivity index (χ3v) is 5.48. The second-order valence-electron chi connectivity index (χ2n) is 6.91. The number of rotatable bonds is 13. The lowest BCUT2D eigenvalue weighted by atomic mass is 10.1. The number of morpholine rings is 1. The van der Waals surface area contributed by atoms with E-state index in [2.05, 4.69) is 6.58 Å². The van der Waals surface area contributed by atoms with Gasteiger partial charge < -0.3 is 24.4 Å². The van der Waals surface area contributed by atoms with E-state index in [1.165, 1.54) is 0 Å². The molecule has 9 heteroatoms. The van der Waals surface area contributed by atoms with Crippen molar-refractivity contribution in [2.75, 3.05) is 51.0 Å². The van der Waals surface area contributed by atoms with Crippen molar-refractivity contribution in [2.24, 2.45) is 5.92 Å². The van der Waals surface area contributed by atoms with Gasteiger partial charge in [-0.15, -0.1) is 0 Å². The molecule has 0 spiro atoms. The molecule has 0 aromatic rings. The standard InChI is InChI=1S/C19H33NO7S/c1-14(2)19(24)26-8-4-16(21)12-27-17(22)5-11-28-13-15(3)18(23)20-6-9-25-10-7-20/h15-16,18,21,23H,1,4-13H2,2-3H3. The van der Waals surface area contributed by atoms with Crippen LogP contribution >= 0.6 is 11.8 Å². The molecular weight excluding hydrogens is 386 g/mol. The van der Waals surface area contributed by atoms with E-state index in [-0.39, 0.29) is 37.9 Å². The summed E-state index contributed by atoms with van der Waals surface area (Å²) in [6.07, 6.45) is -0.948. The molecule has 1 saturated heterocycles. The molecule has 8 nitrogen and oxygen atoms in total. The molecule has 0 amide bonds. The first-order valence-corrected chi connectivity index (χ1v) is 10.7. The maximum Gasteiger partial charge on any atom is 0.333 e. The number of hydrogen-bond donors (Lipinski definition) is 2. The van der Waals surface area contributed by atoms with Gasteiger partial charge in [0.15, 0.2) is 0 Å². The highest BCUT2D eigenvalue weighted by atomic mass is 32.2. The van der Waals surface area contributed by atoms with Crippen LogP contribution in [0, 0.1) is 5.92 Å². The monoisotopic (exact) mass is 419 g/mol. The Morgan fingerprint density at radius 2 is 1.93 bits per heavy atom. The van der Waals surface area contributed by atoms with Gasteiger partial charge in [-0.05, 0) is 12.7 Å². The first kappa shape index (κ1) is 24.9. The van der Waals surface area contributed by atoms with Gasteiger partial charge in [0.2, 0.25) is 0 Å². The number of nitrogens with zero attached hydrogens (tertiary/aromatic N) is 1. The minimum absolute atomic E-state index is 0.0453. The number of esters is 2. The Morgan fingerprint density at radius 3 is 2.57 bits per heavy atom. The van der Waals surface area contributed by atoms with Crippen molar-refractivity contribution in [1.29, 1.82) is 0 Å². The smallest absolute Gasteiger partial charge is 0.333 e. The normalized spacial score (nSPS) is 18.1. The summed E-state index contributed by atoms with van der Waals surface area (Å²) in [5.74, 6) is 0.525. The fourth-order valence-corrected chi connectivity index (χ4v) is 3.49. The Balaban J connectivity index is 2.06. The summed E-state index contributed by atoms with van der Waals surface area (Å²) in [7, 11) is 0. The minimum atomic E-state index is -0.877. The quantitative estimate of drug-likeness (QED) is 0.255. The predicted molar refractivity (Wildman–Crippen MR) is 107 cm³/mol. The molecule has 162 valence electrons. The zero-order chi connectivity index (χ0) is 20.9. The molecule has 0 aromatic heterocycles. The average molecular weight is 420 g/mol. The lowest BCUT2D eigenvalue weighted by Crippen LogP contribution is -2.46. The summed E-state index contributed by atoms with van der Waals surface area (Å²) in [6.45, 7) is 9.67. The van der Waals surface area contributed by atoms with Crippen molar-refractivity contribution < 1.29 is 34.0 Å². The third-order valence-electron chi connectivity index (χ3n) is 4.23. The van der Waals surface area contributed by atoms with Gasteiger partial charge in [-0.2, -0.15) is 11.8 Å². The van der Waals surface area contributed by atoms with Gasteiger partial charge in [-0.3, -0.25) is 9.69 Å². The van der Waals surface area contributed by atoms with Gasteiger partial charge in [-0.1, -0.05) is 13.5 Å². The average Bonchev–Trinajstić information content (AvgIpc) is 2.69. The molecule has 1 aliphatic rings. The predicted octanol–water partition coefficient (Wildman–Crippen LogP) is 0.810. The molecule has 28 heavy (non-hydrogen) atoms. The van der Waals surface area contributed by atoms with E-state index in [0.717, 1.165) is 18.8 Å². The summed E-state index contributed by atoms with van der Waals surface area (Å²) in [5.41, 5.74) is 0.296. The molecule has 0 aromatic carbocycles. The SMILES string of the molecule is C=C(C)C(=O)OCCC(O)COC(=O)CCSCC(C)C(O)N1CCOCC1. The number of carbonyl (C=O) groups excluding carboxylic acids is 2. The largest absolute Gasteiger partial charge is 0.463 e. The molecular formula is C19H33NO7S. The van der Waals surface area contributed by atoms with Gasteiger partial charge in [0.25, 0.3) is 0 Å². The number of carbonyl (C=O) groups is 2. The van der Waals surface area contributed by atoms with Crippen LogP contribution in [0.3, 0.4) is 0 Å². The van der Waals surface area contributed by atoms with E-state index in [4.69, 9.17) is 14.2 Å². The first-order chi connectivity index (χ1) is 13.3. The summed E-state index contributed by atoms with van der Waals surface area (Å²) in [4.78, 5) is 24.9. The number of thioether (sulfide) groups is 1. The molecule has 0 radical (unpaired) electrons. The molecule has 0 saturated carbocycles. The van der Waals surface area contributed by atoms with Crippen LogP contribution in [0.2, 0.25) is 0 Å². The number of hydrogen-bond acceptors (Lipinski definition) is 9. The summed E-state index contributed by atoms with van der Waals surface area (Å²) in [6, 6.07) is 0. The van der Waals surface area contributed by atoms with Crippen molar-refractivity contribution in [1.82, 2.24) is 4.90 Å². The van der Waals surface area contributed by atoms with Crippen molar-refractivity contribution >= 4 is 23.7 Å². The van der Waals surface area contributed by atoms with Crippen LogP contribution in [-0.4, -0.2) is 90.4 Å². The highest BCUT2D eigenvalue weighted by molar-refractivity contribution is 7.99. The highest BCUT2D eigenvalue weighted by Crippen LogP contribution is 2.17. The zero-order valence-electron chi connectivity index (χ0n) is 16.8. The number of ether oxygens (including phenoxy) is 3. The third kappa shape index (κ3) is 10.4. The van der Waals surface area contributed by atoms with Gasteiger partial charge in [0.05, 0.1) is 32.3 Å². The van der Waals surface area contributed by atoms with Crippen LogP contribution in [0.1, 0.15) is 26.7 Å². The summed E-state index contributed by atoms with van der Waals surface area (Å²) < 4.78 is 15.2. The molecule has 0 bridgehead atoms. The summed E-state index contributed by atoms with van der Waals surface area (Å²) >= 11 is 1.59. The maximum absolute atomic E-state index is 11.7. The first-order valence-electron chi connectivity index (χ1n) is 9.55. The Bertz CT molecular complexity index is 497.